The van der Waals surface area contributed by atoms with E-state index in [9.17, 15) is 9.59 Å². The highest BCUT2D eigenvalue weighted by Gasteiger charge is 2.33. The number of hydrogen-bond acceptors (Lipinski definition) is 3. The molecule has 0 spiro atoms. The summed E-state index contributed by atoms with van der Waals surface area (Å²) in [4.78, 5) is 28.7. The largest absolute Gasteiger partial charge is 0.372 e. The minimum atomic E-state index is -0.327. The fourth-order valence-electron chi connectivity index (χ4n) is 3.27. The number of anilines is 2. The Hall–Kier alpha value is -2.04. The number of nitrogens with zero attached hydrogens (tertiary/aromatic N) is 2. The van der Waals surface area contributed by atoms with Crippen LogP contribution in [0.1, 0.15) is 46.5 Å². The zero-order chi connectivity index (χ0) is 17.5. The molecular weight excluding hydrogens is 302 g/mol. The third-order valence-corrected chi connectivity index (χ3v) is 4.60. The molecule has 0 aromatic heterocycles. The van der Waals surface area contributed by atoms with Gasteiger partial charge in [0, 0.05) is 37.4 Å². The first-order chi connectivity index (χ1) is 11.6. The van der Waals surface area contributed by atoms with E-state index in [0.717, 1.165) is 43.7 Å². The van der Waals surface area contributed by atoms with Crippen molar-refractivity contribution in [2.24, 2.45) is 0 Å². The molecule has 5 heteroatoms. The van der Waals surface area contributed by atoms with Gasteiger partial charge in [0.2, 0.25) is 11.8 Å². The Kier molecular flexibility index (Phi) is 6.64. The van der Waals surface area contributed by atoms with Crippen molar-refractivity contribution in [3.63, 3.8) is 0 Å². The molecule has 1 fully saturated rings. The second-order valence-electron chi connectivity index (χ2n) is 6.20. The first-order valence-corrected chi connectivity index (χ1v) is 9.06. The van der Waals surface area contributed by atoms with Crippen LogP contribution in [0.15, 0.2) is 24.3 Å². The lowest BCUT2D eigenvalue weighted by molar-refractivity contribution is -0.136. The molecule has 1 aliphatic heterocycles. The molecule has 0 radical (unpaired) electrons. The van der Waals surface area contributed by atoms with E-state index in [4.69, 9.17) is 0 Å². The van der Waals surface area contributed by atoms with Crippen molar-refractivity contribution >= 4 is 23.2 Å². The highest BCUT2D eigenvalue weighted by atomic mass is 16.2. The smallest absolute Gasteiger partial charge is 0.247 e. The summed E-state index contributed by atoms with van der Waals surface area (Å²) < 4.78 is 0. The third-order valence-electron chi connectivity index (χ3n) is 4.60. The van der Waals surface area contributed by atoms with E-state index in [1.165, 1.54) is 0 Å². The van der Waals surface area contributed by atoms with E-state index in [0.29, 0.717) is 13.0 Å². The molecule has 1 aromatic rings. The fourth-order valence-corrected chi connectivity index (χ4v) is 3.27. The van der Waals surface area contributed by atoms with E-state index in [-0.39, 0.29) is 17.9 Å². The lowest BCUT2D eigenvalue weighted by Gasteiger charge is -2.24. The van der Waals surface area contributed by atoms with Crippen molar-refractivity contribution in [2.75, 3.05) is 29.9 Å². The maximum Gasteiger partial charge on any atom is 0.247 e. The van der Waals surface area contributed by atoms with Gasteiger partial charge in [-0.15, -0.1) is 0 Å². The topological polar surface area (TPSA) is 52.7 Å². The Bertz CT molecular complexity index is 552. The zero-order valence-corrected chi connectivity index (χ0v) is 15.0. The molecule has 24 heavy (non-hydrogen) atoms. The van der Waals surface area contributed by atoms with Gasteiger partial charge in [0.05, 0.1) is 0 Å². The van der Waals surface area contributed by atoms with Crippen LogP contribution in [0.4, 0.5) is 11.4 Å². The number of rotatable bonds is 7. The van der Waals surface area contributed by atoms with Gasteiger partial charge in [-0.05, 0) is 57.4 Å². The van der Waals surface area contributed by atoms with Crippen LogP contribution >= 0.6 is 0 Å². The molecule has 0 aliphatic carbocycles. The van der Waals surface area contributed by atoms with Gasteiger partial charge in [0.25, 0.3) is 0 Å². The molecule has 1 heterocycles. The summed E-state index contributed by atoms with van der Waals surface area (Å²) in [6.45, 7) is 8.85. The normalized spacial score (nSPS) is 17.0. The van der Waals surface area contributed by atoms with Crippen LogP contribution in [0.5, 0.6) is 0 Å². The van der Waals surface area contributed by atoms with E-state index < -0.39 is 0 Å². The number of carbonyl (C=O) groups excluding carboxylic acids is 2. The average molecular weight is 331 g/mol. The Morgan fingerprint density at radius 1 is 1.17 bits per heavy atom. The van der Waals surface area contributed by atoms with Crippen LogP contribution in [-0.2, 0) is 9.59 Å². The predicted octanol–water partition coefficient (Wildman–Crippen LogP) is 3.26. The summed E-state index contributed by atoms with van der Waals surface area (Å²) in [6.07, 6.45) is 2.98. The van der Waals surface area contributed by atoms with Crippen LogP contribution in [0, 0.1) is 0 Å². The molecule has 1 N–H and O–H groups in total. The Morgan fingerprint density at radius 2 is 1.83 bits per heavy atom. The molecule has 1 aromatic carbocycles. The number of benzene rings is 1. The molecule has 0 bridgehead atoms. The Balaban J connectivity index is 2.00. The SMILES string of the molecule is CCCC(=O)N1CCCC1C(=O)Nc1ccc(N(CC)CC)cc1. The van der Waals surface area contributed by atoms with Crippen molar-refractivity contribution < 1.29 is 9.59 Å². The monoisotopic (exact) mass is 331 g/mol. The zero-order valence-electron chi connectivity index (χ0n) is 15.0. The maximum absolute atomic E-state index is 12.5. The van der Waals surface area contributed by atoms with Gasteiger partial charge < -0.3 is 15.1 Å². The maximum atomic E-state index is 12.5. The van der Waals surface area contributed by atoms with E-state index in [1.807, 2.05) is 31.2 Å². The molecule has 132 valence electrons. The Labute approximate surface area is 145 Å². The molecule has 0 saturated carbocycles. The molecule has 1 unspecified atom stereocenters. The second kappa shape index (κ2) is 8.71. The minimum Gasteiger partial charge on any atom is -0.372 e. The fraction of sp³-hybridized carbons (Fsp3) is 0.579. The van der Waals surface area contributed by atoms with Gasteiger partial charge in [0.1, 0.15) is 6.04 Å². The third kappa shape index (κ3) is 4.28. The van der Waals surface area contributed by atoms with Crippen molar-refractivity contribution in [1.29, 1.82) is 0 Å². The van der Waals surface area contributed by atoms with Crippen LogP contribution in [0.3, 0.4) is 0 Å². The Morgan fingerprint density at radius 3 is 2.42 bits per heavy atom. The van der Waals surface area contributed by atoms with Crippen molar-refractivity contribution in [1.82, 2.24) is 4.90 Å². The molecular formula is C19H29N3O2. The molecule has 1 saturated heterocycles. The number of amides is 2. The standard InChI is InChI=1S/C19H29N3O2/c1-4-8-18(23)22-14-7-9-17(22)19(24)20-15-10-12-16(13-11-15)21(5-2)6-3/h10-13,17H,4-9,14H2,1-3H3,(H,20,24). The molecule has 1 aliphatic rings. The quantitative estimate of drug-likeness (QED) is 0.834. The summed E-state index contributed by atoms with van der Waals surface area (Å²) in [6, 6.07) is 7.58. The summed E-state index contributed by atoms with van der Waals surface area (Å²) >= 11 is 0. The van der Waals surface area contributed by atoms with Crippen LogP contribution in [-0.4, -0.2) is 42.4 Å². The van der Waals surface area contributed by atoms with Gasteiger partial charge in [-0.3, -0.25) is 9.59 Å². The summed E-state index contributed by atoms with van der Waals surface area (Å²) in [5, 5.41) is 2.96. The average Bonchev–Trinajstić information content (AvgIpc) is 3.07. The highest BCUT2D eigenvalue weighted by Crippen LogP contribution is 2.22. The first kappa shape index (κ1) is 18.3. The van der Waals surface area contributed by atoms with Crippen LogP contribution in [0.25, 0.3) is 0 Å². The first-order valence-electron chi connectivity index (χ1n) is 9.06. The van der Waals surface area contributed by atoms with Gasteiger partial charge in [-0.25, -0.2) is 0 Å². The molecule has 2 rings (SSSR count). The van der Waals surface area contributed by atoms with Gasteiger partial charge >= 0.3 is 0 Å². The van der Waals surface area contributed by atoms with Crippen molar-refractivity contribution in [3.05, 3.63) is 24.3 Å². The van der Waals surface area contributed by atoms with Gasteiger partial charge in [-0.1, -0.05) is 6.92 Å². The summed E-state index contributed by atoms with van der Waals surface area (Å²) in [7, 11) is 0. The summed E-state index contributed by atoms with van der Waals surface area (Å²) in [5.74, 6) is 0.0135. The van der Waals surface area contributed by atoms with Crippen LogP contribution in [0.2, 0.25) is 0 Å². The lowest BCUT2D eigenvalue weighted by atomic mass is 10.2. The number of nitrogens with one attached hydrogen (secondary N) is 1. The second-order valence-corrected chi connectivity index (χ2v) is 6.20. The van der Waals surface area contributed by atoms with E-state index >= 15 is 0 Å². The van der Waals surface area contributed by atoms with E-state index in [1.54, 1.807) is 4.90 Å². The molecule has 5 nitrogen and oxygen atoms in total. The summed E-state index contributed by atoms with van der Waals surface area (Å²) in [5.41, 5.74) is 1.93. The van der Waals surface area contributed by atoms with Gasteiger partial charge in [-0.2, -0.15) is 0 Å². The van der Waals surface area contributed by atoms with Crippen LogP contribution < -0.4 is 10.2 Å². The minimum absolute atomic E-state index is 0.0763. The predicted molar refractivity (Wildman–Crippen MR) is 98.3 cm³/mol. The number of likely N-dealkylation sites (tertiary alicyclic amines) is 1. The van der Waals surface area contributed by atoms with Crippen molar-refractivity contribution in [2.45, 2.75) is 52.5 Å². The number of carbonyl (C=O) groups is 2. The molecule has 1 atom stereocenters. The van der Waals surface area contributed by atoms with Crippen molar-refractivity contribution in [3.8, 4) is 0 Å². The lowest BCUT2D eigenvalue weighted by Crippen LogP contribution is -2.43. The molecule has 2 amide bonds. The van der Waals surface area contributed by atoms with E-state index in [2.05, 4.69) is 24.1 Å². The number of hydrogen-bond donors (Lipinski definition) is 1. The highest BCUT2D eigenvalue weighted by molar-refractivity contribution is 5.97. The van der Waals surface area contributed by atoms with Gasteiger partial charge in [0.15, 0.2) is 0 Å².